The molecule has 2 amide bonds. The lowest BCUT2D eigenvalue weighted by molar-refractivity contribution is -0.384. The van der Waals surface area contributed by atoms with Crippen LogP contribution in [0.5, 0.6) is 0 Å². The summed E-state index contributed by atoms with van der Waals surface area (Å²) in [5.74, 6) is -1.74. The normalized spacial score (nSPS) is 18.9. The van der Waals surface area contributed by atoms with E-state index in [4.69, 9.17) is 5.11 Å². The van der Waals surface area contributed by atoms with E-state index < -0.39 is 22.5 Å². The second-order valence-corrected chi connectivity index (χ2v) is 6.58. The van der Waals surface area contributed by atoms with Gasteiger partial charge in [0.1, 0.15) is 0 Å². The number of nitro benzene ring substituents is 1. The van der Waals surface area contributed by atoms with E-state index in [2.05, 4.69) is 5.32 Å². The van der Waals surface area contributed by atoms with Crippen LogP contribution in [0.2, 0.25) is 0 Å². The third-order valence-corrected chi connectivity index (χ3v) is 4.93. The van der Waals surface area contributed by atoms with Gasteiger partial charge in [0.15, 0.2) is 0 Å². The number of carbonyl (C=O) groups is 3. The van der Waals surface area contributed by atoms with Crippen LogP contribution in [-0.4, -0.2) is 52.3 Å². The molecule has 25 heavy (non-hydrogen) atoms. The molecule has 1 spiro atoms. The molecule has 3 rings (SSSR count). The first kappa shape index (κ1) is 16.9. The Bertz CT molecular complexity index is 735. The molecule has 2 N–H and O–H groups in total. The molecule has 132 valence electrons. The van der Waals surface area contributed by atoms with Gasteiger partial charge in [-0.2, -0.15) is 0 Å². The Kier molecular flexibility index (Phi) is 4.15. The first-order chi connectivity index (χ1) is 11.8. The number of carboxylic acids is 1. The molecule has 0 aliphatic carbocycles. The van der Waals surface area contributed by atoms with Crippen molar-refractivity contribution in [1.29, 1.82) is 0 Å². The quantitative estimate of drug-likeness (QED) is 0.620. The molecule has 9 nitrogen and oxygen atoms in total. The van der Waals surface area contributed by atoms with E-state index in [1.165, 1.54) is 0 Å². The fraction of sp³-hybridized carbons (Fsp3) is 0.438. The van der Waals surface area contributed by atoms with Crippen LogP contribution >= 0.6 is 0 Å². The fourth-order valence-corrected chi connectivity index (χ4v) is 3.44. The van der Waals surface area contributed by atoms with Gasteiger partial charge in [0.25, 0.3) is 11.6 Å². The van der Waals surface area contributed by atoms with Crippen molar-refractivity contribution in [2.75, 3.05) is 19.6 Å². The van der Waals surface area contributed by atoms with Gasteiger partial charge in [-0.1, -0.05) is 0 Å². The molecule has 2 fully saturated rings. The number of rotatable bonds is 3. The van der Waals surface area contributed by atoms with Gasteiger partial charge >= 0.3 is 5.97 Å². The molecule has 1 aromatic rings. The summed E-state index contributed by atoms with van der Waals surface area (Å²) in [7, 11) is 0. The maximum atomic E-state index is 12.6. The number of nitrogens with one attached hydrogen (secondary N) is 1. The Morgan fingerprint density at radius 1 is 1.20 bits per heavy atom. The van der Waals surface area contributed by atoms with E-state index in [9.17, 15) is 24.5 Å². The predicted octanol–water partition coefficient (Wildman–Crippen LogP) is 1.04. The van der Waals surface area contributed by atoms with Gasteiger partial charge in [0.2, 0.25) is 5.91 Å². The molecule has 2 heterocycles. The third-order valence-electron chi connectivity index (χ3n) is 4.93. The van der Waals surface area contributed by atoms with Crippen molar-refractivity contribution >= 4 is 23.5 Å². The summed E-state index contributed by atoms with van der Waals surface area (Å²) in [6.45, 7) is 1.46. The number of hydrogen-bond acceptors (Lipinski definition) is 5. The molecule has 2 aliphatic rings. The van der Waals surface area contributed by atoms with Gasteiger partial charge in [-0.15, -0.1) is 0 Å². The Morgan fingerprint density at radius 3 is 2.36 bits per heavy atom. The lowest BCUT2D eigenvalue weighted by atomic mass is 9.77. The van der Waals surface area contributed by atoms with Gasteiger partial charge < -0.3 is 15.3 Å². The first-order valence-electron chi connectivity index (χ1n) is 7.88. The van der Waals surface area contributed by atoms with Gasteiger partial charge in [-0.3, -0.25) is 19.7 Å². The van der Waals surface area contributed by atoms with Gasteiger partial charge in [-0.05, 0) is 24.3 Å². The lowest BCUT2D eigenvalue weighted by Crippen LogP contribution is -2.44. The minimum atomic E-state index is -1.33. The van der Waals surface area contributed by atoms with Crippen LogP contribution in [0.15, 0.2) is 18.2 Å². The van der Waals surface area contributed by atoms with E-state index >= 15 is 0 Å². The number of likely N-dealkylation sites (tertiary alicyclic amines) is 1. The molecule has 0 unspecified atom stereocenters. The smallest absolute Gasteiger partial charge is 0.335 e. The zero-order valence-corrected chi connectivity index (χ0v) is 13.4. The van der Waals surface area contributed by atoms with E-state index in [0.717, 1.165) is 18.2 Å². The minimum absolute atomic E-state index is 0.0110. The van der Waals surface area contributed by atoms with Crippen LogP contribution in [0.25, 0.3) is 0 Å². The third kappa shape index (κ3) is 3.30. The van der Waals surface area contributed by atoms with Crippen LogP contribution in [0.4, 0.5) is 5.69 Å². The summed E-state index contributed by atoms with van der Waals surface area (Å²) >= 11 is 0. The molecule has 0 radical (unpaired) electrons. The molecule has 2 saturated heterocycles. The number of piperidine rings is 1. The summed E-state index contributed by atoms with van der Waals surface area (Å²) in [6.07, 6.45) is 1.78. The molecule has 2 aliphatic heterocycles. The van der Waals surface area contributed by atoms with Gasteiger partial charge in [-0.25, -0.2) is 4.79 Å². The van der Waals surface area contributed by atoms with Crippen molar-refractivity contribution in [1.82, 2.24) is 10.2 Å². The van der Waals surface area contributed by atoms with Gasteiger partial charge in [0, 0.05) is 43.8 Å². The average Bonchev–Trinajstić information content (AvgIpc) is 2.94. The largest absolute Gasteiger partial charge is 0.478 e. The highest BCUT2D eigenvalue weighted by atomic mass is 16.6. The van der Waals surface area contributed by atoms with Crippen molar-refractivity contribution in [3.05, 3.63) is 39.4 Å². The monoisotopic (exact) mass is 347 g/mol. The predicted molar refractivity (Wildman–Crippen MR) is 85.3 cm³/mol. The van der Waals surface area contributed by atoms with Crippen molar-refractivity contribution < 1.29 is 24.4 Å². The highest BCUT2D eigenvalue weighted by Crippen LogP contribution is 2.37. The zero-order chi connectivity index (χ0) is 18.2. The molecular weight excluding hydrogens is 330 g/mol. The van der Waals surface area contributed by atoms with Crippen LogP contribution in [0.1, 0.15) is 40.0 Å². The lowest BCUT2D eigenvalue weighted by Gasteiger charge is -2.38. The number of nitrogens with zero attached hydrogens (tertiary/aromatic N) is 2. The molecule has 9 heteroatoms. The first-order valence-corrected chi connectivity index (χ1v) is 7.88. The SMILES string of the molecule is O=C1CC2(CCN(C(=O)c3cc(C(=O)O)cc([N+](=O)[O-])c3)CC2)CN1. The number of non-ortho nitro benzene ring substituents is 1. The number of aromatic carboxylic acids is 1. The van der Waals surface area contributed by atoms with E-state index in [1.807, 2.05) is 0 Å². The Balaban J connectivity index is 1.78. The molecule has 0 aromatic heterocycles. The minimum Gasteiger partial charge on any atom is -0.478 e. The van der Waals surface area contributed by atoms with Crippen molar-refractivity contribution in [3.63, 3.8) is 0 Å². The molecule has 1 aromatic carbocycles. The van der Waals surface area contributed by atoms with E-state index in [-0.39, 0.29) is 22.4 Å². The summed E-state index contributed by atoms with van der Waals surface area (Å²) in [5.41, 5.74) is -0.856. The standard InChI is InChI=1S/C16H17N3O6/c20-13-8-16(9-17-13)1-3-18(4-2-16)14(21)10-5-11(15(22)23)7-12(6-10)19(24)25/h5-7H,1-4,8-9H2,(H,17,20)(H,22,23). The number of nitro groups is 1. The Hall–Kier alpha value is -2.97. The molecule has 0 atom stereocenters. The molecule has 0 saturated carbocycles. The Morgan fingerprint density at radius 2 is 1.84 bits per heavy atom. The van der Waals surface area contributed by atoms with Crippen LogP contribution < -0.4 is 5.32 Å². The Labute approximate surface area is 142 Å². The van der Waals surface area contributed by atoms with Crippen molar-refractivity contribution in [2.45, 2.75) is 19.3 Å². The fourth-order valence-electron chi connectivity index (χ4n) is 3.44. The summed E-state index contributed by atoms with van der Waals surface area (Å²) in [5, 5.41) is 22.9. The highest BCUT2D eigenvalue weighted by Gasteiger charge is 2.41. The number of carbonyl (C=O) groups excluding carboxylic acids is 2. The van der Waals surface area contributed by atoms with Crippen LogP contribution in [-0.2, 0) is 4.79 Å². The summed E-state index contributed by atoms with van der Waals surface area (Å²) in [6, 6.07) is 3.18. The number of benzene rings is 1. The van der Waals surface area contributed by atoms with Crippen molar-refractivity contribution in [2.24, 2.45) is 5.41 Å². The number of hydrogen-bond donors (Lipinski definition) is 2. The summed E-state index contributed by atoms with van der Waals surface area (Å²) in [4.78, 5) is 47.0. The van der Waals surface area contributed by atoms with Crippen LogP contribution in [0.3, 0.4) is 0 Å². The molecular formula is C16H17N3O6. The van der Waals surface area contributed by atoms with Crippen LogP contribution in [0, 0.1) is 15.5 Å². The second kappa shape index (κ2) is 6.15. The topological polar surface area (TPSA) is 130 Å². The second-order valence-electron chi connectivity index (χ2n) is 6.58. The highest BCUT2D eigenvalue weighted by molar-refractivity contribution is 5.98. The number of amides is 2. The number of carboxylic acid groups (broad SMARTS) is 1. The van der Waals surface area contributed by atoms with Gasteiger partial charge in [0.05, 0.1) is 10.5 Å². The maximum absolute atomic E-state index is 12.6. The average molecular weight is 347 g/mol. The summed E-state index contributed by atoms with van der Waals surface area (Å²) < 4.78 is 0. The van der Waals surface area contributed by atoms with Crippen molar-refractivity contribution in [3.8, 4) is 0 Å². The van der Waals surface area contributed by atoms with E-state index in [0.29, 0.717) is 38.9 Å². The van der Waals surface area contributed by atoms with E-state index in [1.54, 1.807) is 4.90 Å². The zero-order valence-electron chi connectivity index (χ0n) is 13.4. The molecule has 0 bridgehead atoms. The maximum Gasteiger partial charge on any atom is 0.335 e.